The number of terminal acetylenes is 1. The minimum atomic E-state index is 0.524. The summed E-state index contributed by atoms with van der Waals surface area (Å²) < 4.78 is 4.49. The van der Waals surface area contributed by atoms with Gasteiger partial charge in [0.25, 0.3) is 0 Å². The molecule has 0 bridgehead atoms. The number of hydrogen-bond donors (Lipinski definition) is 0. The van der Waals surface area contributed by atoms with Gasteiger partial charge in [0.1, 0.15) is 6.11 Å². The molecule has 0 fully saturated rings. The van der Waals surface area contributed by atoms with Crippen LogP contribution in [0.3, 0.4) is 0 Å². The van der Waals surface area contributed by atoms with E-state index in [9.17, 15) is 0 Å². The summed E-state index contributed by atoms with van der Waals surface area (Å²) in [5.41, 5.74) is 0. The van der Waals surface area contributed by atoms with E-state index in [0.717, 1.165) is 0 Å². The second-order valence-electron chi connectivity index (χ2n) is 1.48. The number of hydrogen-bond acceptors (Lipinski definition) is 2. The zero-order chi connectivity index (χ0) is 7.11. The molecule has 0 aromatic carbocycles. The minimum Gasteiger partial charge on any atom is -0.449 e. The third-order valence-corrected chi connectivity index (χ3v) is 0.667. The third kappa shape index (κ3) is 4.58. The Balaban J connectivity index is 3.51. The SMILES string of the molecule is C#CCN(C)C#COC. The van der Waals surface area contributed by atoms with Crippen LogP contribution in [-0.4, -0.2) is 25.6 Å². The monoisotopic (exact) mass is 123 g/mol. The lowest BCUT2D eigenvalue weighted by atomic mass is 10.6. The van der Waals surface area contributed by atoms with E-state index in [2.05, 4.69) is 22.8 Å². The van der Waals surface area contributed by atoms with E-state index in [-0.39, 0.29) is 0 Å². The van der Waals surface area contributed by atoms with Gasteiger partial charge in [-0.05, 0) is 0 Å². The van der Waals surface area contributed by atoms with E-state index in [4.69, 9.17) is 6.42 Å². The molecular formula is C7H9NO. The van der Waals surface area contributed by atoms with Gasteiger partial charge in [0.15, 0.2) is 0 Å². The van der Waals surface area contributed by atoms with Crippen molar-refractivity contribution in [3.8, 4) is 24.5 Å². The van der Waals surface area contributed by atoms with E-state index in [1.807, 2.05) is 0 Å². The molecule has 0 aromatic heterocycles. The maximum absolute atomic E-state index is 5.00. The normalized spacial score (nSPS) is 6.33. The lowest BCUT2D eigenvalue weighted by Gasteiger charge is -2.02. The van der Waals surface area contributed by atoms with E-state index >= 15 is 0 Å². The molecule has 9 heavy (non-hydrogen) atoms. The number of rotatable bonds is 1. The van der Waals surface area contributed by atoms with Crippen molar-refractivity contribution in [3.63, 3.8) is 0 Å². The van der Waals surface area contributed by atoms with Crippen molar-refractivity contribution in [3.05, 3.63) is 0 Å². The molecule has 0 N–H and O–H groups in total. The van der Waals surface area contributed by atoms with Gasteiger partial charge in [-0.1, -0.05) is 5.92 Å². The summed E-state index contributed by atoms with van der Waals surface area (Å²) in [6.45, 7) is 0.524. The van der Waals surface area contributed by atoms with Crippen LogP contribution in [0.15, 0.2) is 0 Å². The van der Waals surface area contributed by atoms with Gasteiger partial charge in [0.2, 0.25) is 0 Å². The highest BCUT2D eigenvalue weighted by Gasteiger charge is 1.81. The summed E-state index contributed by atoms with van der Waals surface area (Å²) in [4.78, 5) is 1.67. The Morgan fingerprint density at radius 3 is 2.78 bits per heavy atom. The van der Waals surface area contributed by atoms with Crippen LogP contribution in [0, 0.1) is 24.5 Å². The zero-order valence-electron chi connectivity index (χ0n) is 5.64. The number of ether oxygens (including phenoxy) is 1. The first kappa shape index (κ1) is 7.72. The summed E-state index contributed by atoms with van der Waals surface area (Å²) in [5.74, 6) is 2.44. The van der Waals surface area contributed by atoms with Gasteiger partial charge in [-0.25, -0.2) is 0 Å². The third-order valence-electron chi connectivity index (χ3n) is 0.667. The van der Waals surface area contributed by atoms with Crippen molar-refractivity contribution in [1.29, 1.82) is 0 Å². The van der Waals surface area contributed by atoms with Gasteiger partial charge in [-0.3, -0.25) is 0 Å². The van der Waals surface area contributed by atoms with Crippen LogP contribution in [0.25, 0.3) is 0 Å². The molecule has 0 heterocycles. The molecule has 0 radical (unpaired) electrons. The van der Waals surface area contributed by atoms with Crippen LogP contribution in [0.1, 0.15) is 0 Å². The van der Waals surface area contributed by atoms with Crippen molar-refractivity contribution in [2.45, 2.75) is 0 Å². The van der Waals surface area contributed by atoms with Gasteiger partial charge in [0, 0.05) is 7.05 Å². The van der Waals surface area contributed by atoms with Crippen molar-refractivity contribution in [2.24, 2.45) is 0 Å². The Bertz CT molecular complexity index is 158. The van der Waals surface area contributed by atoms with Gasteiger partial charge in [0.05, 0.1) is 19.7 Å². The average molecular weight is 123 g/mol. The Hall–Kier alpha value is -1.28. The molecule has 48 valence electrons. The van der Waals surface area contributed by atoms with Crippen molar-refractivity contribution < 1.29 is 4.74 Å². The second kappa shape index (κ2) is 4.87. The molecule has 0 spiro atoms. The zero-order valence-corrected chi connectivity index (χ0v) is 5.64. The maximum atomic E-state index is 5.00. The van der Waals surface area contributed by atoms with E-state index in [1.165, 1.54) is 7.11 Å². The molecule has 0 atom stereocenters. The molecule has 0 saturated heterocycles. The van der Waals surface area contributed by atoms with Crippen LogP contribution >= 0.6 is 0 Å². The lowest BCUT2D eigenvalue weighted by Crippen LogP contribution is -2.10. The number of methoxy groups -OCH3 is 1. The van der Waals surface area contributed by atoms with Crippen LogP contribution in [0.2, 0.25) is 0 Å². The fourth-order valence-electron chi connectivity index (χ4n) is 0.300. The maximum Gasteiger partial charge on any atom is 0.133 e. The first-order valence-electron chi connectivity index (χ1n) is 2.49. The Labute approximate surface area is 55.8 Å². The van der Waals surface area contributed by atoms with Crippen LogP contribution in [-0.2, 0) is 4.74 Å². The summed E-state index contributed by atoms with van der Waals surface area (Å²) in [5, 5.41) is 0. The quantitative estimate of drug-likeness (QED) is 0.362. The molecular weight excluding hydrogens is 114 g/mol. The molecule has 0 aliphatic rings. The Kier molecular flexibility index (Phi) is 4.18. The Morgan fingerprint density at radius 1 is 1.67 bits per heavy atom. The Morgan fingerprint density at radius 2 is 2.33 bits per heavy atom. The molecule has 0 rings (SSSR count). The van der Waals surface area contributed by atoms with Gasteiger partial charge in [-0.15, -0.1) is 6.42 Å². The second-order valence-corrected chi connectivity index (χ2v) is 1.48. The molecule has 0 unspecified atom stereocenters. The first-order chi connectivity index (χ1) is 4.31. The molecule has 2 nitrogen and oxygen atoms in total. The van der Waals surface area contributed by atoms with Crippen LogP contribution in [0.5, 0.6) is 0 Å². The van der Waals surface area contributed by atoms with E-state index < -0.39 is 0 Å². The predicted molar refractivity (Wildman–Crippen MR) is 36.2 cm³/mol. The highest BCUT2D eigenvalue weighted by atomic mass is 16.5. The fraction of sp³-hybridized carbons (Fsp3) is 0.429. The standard InChI is InChI=1S/C7H9NO/c1-4-5-8(2)6-7-9-3/h1H,5H2,2-3H3. The van der Waals surface area contributed by atoms with Crippen molar-refractivity contribution in [2.75, 3.05) is 20.7 Å². The van der Waals surface area contributed by atoms with E-state index in [1.54, 1.807) is 11.9 Å². The smallest absolute Gasteiger partial charge is 0.133 e. The summed E-state index contributed by atoms with van der Waals surface area (Å²) in [6, 6.07) is 2.65. The molecule has 2 heteroatoms. The van der Waals surface area contributed by atoms with Crippen LogP contribution in [0.4, 0.5) is 0 Å². The molecule has 0 aliphatic carbocycles. The van der Waals surface area contributed by atoms with Crippen molar-refractivity contribution >= 4 is 0 Å². The molecule has 0 amide bonds. The predicted octanol–water partition coefficient (Wildman–Crippen LogP) is 0.116. The lowest BCUT2D eigenvalue weighted by molar-refractivity contribution is 0.366. The summed E-state index contributed by atoms with van der Waals surface area (Å²) in [7, 11) is 3.31. The molecule has 0 aliphatic heterocycles. The van der Waals surface area contributed by atoms with Gasteiger partial charge in [-0.2, -0.15) is 0 Å². The summed E-state index contributed by atoms with van der Waals surface area (Å²) >= 11 is 0. The van der Waals surface area contributed by atoms with Crippen LogP contribution < -0.4 is 0 Å². The molecule has 0 aromatic rings. The summed E-state index contributed by atoms with van der Waals surface area (Å²) in [6.07, 6.45) is 7.41. The highest BCUT2D eigenvalue weighted by molar-refractivity contribution is 4.96. The number of nitrogens with zero attached hydrogens (tertiary/aromatic N) is 1. The largest absolute Gasteiger partial charge is 0.449 e. The van der Waals surface area contributed by atoms with Gasteiger partial charge < -0.3 is 9.64 Å². The minimum absolute atomic E-state index is 0.524. The first-order valence-corrected chi connectivity index (χ1v) is 2.49. The van der Waals surface area contributed by atoms with Crippen molar-refractivity contribution in [1.82, 2.24) is 4.90 Å². The highest BCUT2D eigenvalue weighted by Crippen LogP contribution is 1.73. The fourth-order valence-corrected chi connectivity index (χ4v) is 0.300. The topological polar surface area (TPSA) is 12.5 Å². The van der Waals surface area contributed by atoms with Gasteiger partial charge >= 0.3 is 0 Å². The molecule has 0 saturated carbocycles. The van der Waals surface area contributed by atoms with E-state index in [0.29, 0.717) is 6.54 Å². The average Bonchev–Trinajstić information content (AvgIpc) is 1.85.